The van der Waals surface area contributed by atoms with Gasteiger partial charge in [-0.1, -0.05) is 39.5 Å². The lowest BCUT2D eigenvalue weighted by atomic mass is 10.1. The average molecular weight is 377 g/mol. The summed E-state index contributed by atoms with van der Waals surface area (Å²) >= 11 is 1.29. The van der Waals surface area contributed by atoms with E-state index in [1.54, 1.807) is 6.92 Å². The molecule has 2 aliphatic rings. The fourth-order valence-corrected chi connectivity index (χ4v) is 5.04. The molecular weight excluding hydrogens is 344 g/mol. The normalized spacial score (nSPS) is 34.2. The molecule has 5 atom stereocenters. The molecule has 0 saturated carbocycles. The maximum atomic E-state index is 11.5. The van der Waals surface area contributed by atoms with Crippen molar-refractivity contribution in [2.45, 2.75) is 102 Å². The topological polar surface area (TPSA) is 54.0 Å². The molecule has 2 fully saturated rings. The molecule has 2 aliphatic heterocycles. The van der Waals surface area contributed by atoms with Gasteiger partial charge in [-0.05, 0) is 32.0 Å². The minimum absolute atomic E-state index is 0.0156. The van der Waals surface area contributed by atoms with Gasteiger partial charge in [-0.3, -0.25) is 4.79 Å². The van der Waals surface area contributed by atoms with E-state index in [0.717, 1.165) is 0 Å². The Balaban J connectivity index is 2.24. The van der Waals surface area contributed by atoms with Crippen molar-refractivity contribution in [1.82, 2.24) is 0 Å². The van der Waals surface area contributed by atoms with Crippen LogP contribution in [0.1, 0.15) is 48.5 Å². The van der Waals surface area contributed by atoms with Gasteiger partial charge in [-0.25, -0.2) is 0 Å². The number of hydrogen-bond donors (Lipinski definition) is 0. The molecular formula is C17H32O5SSi. The first-order valence-electron chi connectivity index (χ1n) is 8.60. The maximum Gasteiger partial charge on any atom is 0.192 e. The second-order valence-electron chi connectivity index (χ2n) is 8.73. The summed E-state index contributed by atoms with van der Waals surface area (Å²) in [5, 5.41) is 0.149. The lowest BCUT2D eigenvalue weighted by molar-refractivity contribution is -0.213. The maximum absolute atomic E-state index is 11.5. The van der Waals surface area contributed by atoms with Crippen LogP contribution in [0.5, 0.6) is 0 Å². The van der Waals surface area contributed by atoms with E-state index in [9.17, 15) is 4.79 Å². The number of carbonyl (C=O) groups excluding carboxylic acids is 1. The summed E-state index contributed by atoms with van der Waals surface area (Å²) in [6.45, 7) is 18.5. The molecule has 5 nitrogen and oxygen atoms in total. The Bertz CT molecular complexity index is 488. The van der Waals surface area contributed by atoms with Crippen LogP contribution < -0.4 is 0 Å². The summed E-state index contributed by atoms with van der Waals surface area (Å²) in [5.41, 5.74) is 0. The zero-order valence-corrected chi connectivity index (χ0v) is 18.2. The molecule has 0 amide bonds. The predicted molar refractivity (Wildman–Crippen MR) is 98.5 cm³/mol. The number of rotatable bonds is 4. The van der Waals surface area contributed by atoms with Crippen LogP contribution in [0.3, 0.4) is 0 Å². The molecule has 2 rings (SSSR count). The van der Waals surface area contributed by atoms with Gasteiger partial charge in [0, 0.05) is 12.2 Å². The van der Waals surface area contributed by atoms with Gasteiger partial charge in [0.25, 0.3) is 0 Å². The van der Waals surface area contributed by atoms with Crippen molar-refractivity contribution in [3.63, 3.8) is 0 Å². The van der Waals surface area contributed by atoms with Crippen LogP contribution in [0, 0.1) is 0 Å². The van der Waals surface area contributed by atoms with Crippen LogP contribution in [0.4, 0.5) is 0 Å². The van der Waals surface area contributed by atoms with E-state index in [-0.39, 0.29) is 33.7 Å². The SMILES string of the molecule is CC(=O)SC(C)[C@@H]1O[C@H]2OC(C)(C)O[C@H]2[C@@H]1O[Si](C)(C)C(C)(C)C. The second kappa shape index (κ2) is 6.67. The molecule has 140 valence electrons. The molecule has 0 aromatic heterocycles. The van der Waals surface area contributed by atoms with Crippen molar-refractivity contribution < 1.29 is 23.4 Å². The van der Waals surface area contributed by atoms with Gasteiger partial charge >= 0.3 is 0 Å². The quantitative estimate of drug-likeness (QED) is 0.693. The molecule has 0 bridgehead atoms. The van der Waals surface area contributed by atoms with Gasteiger partial charge in [0.1, 0.15) is 18.3 Å². The van der Waals surface area contributed by atoms with Gasteiger partial charge in [-0.2, -0.15) is 0 Å². The summed E-state index contributed by atoms with van der Waals surface area (Å²) in [7, 11) is -2.01. The highest BCUT2D eigenvalue weighted by atomic mass is 32.2. The first kappa shape index (κ1) is 20.4. The van der Waals surface area contributed by atoms with E-state index < -0.39 is 20.4 Å². The summed E-state index contributed by atoms with van der Waals surface area (Å²) in [4.78, 5) is 11.5. The molecule has 0 aromatic carbocycles. The van der Waals surface area contributed by atoms with E-state index >= 15 is 0 Å². The molecule has 0 N–H and O–H groups in total. The minimum Gasteiger partial charge on any atom is -0.408 e. The minimum atomic E-state index is -2.01. The molecule has 1 unspecified atom stereocenters. The molecule has 2 heterocycles. The van der Waals surface area contributed by atoms with Crippen LogP contribution in [0.15, 0.2) is 0 Å². The molecule has 7 heteroatoms. The van der Waals surface area contributed by atoms with Crippen molar-refractivity contribution >= 4 is 25.2 Å². The molecule has 2 saturated heterocycles. The first-order valence-corrected chi connectivity index (χ1v) is 12.4. The van der Waals surface area contributed by atoms with Crippen molar-refractivity contribution in [1.29, 1.82) is 0 Å². The summed E-state index contributed by atoms with van der Waals surface area (Å²) in [6.07, 6.45) is -1.14. The summed E-state index contributed by atoms with van der Waals surface area (Å²) in [6, 6.07) is 0. The van der Waals surface area contributed by atoms with Crippen LogP contribution in [-0.4, -0.2) is 49.1 Å². The Morgan fingerprint density at radius 1 is 1.25 bits per heavy atom. The predicted octanol–water partition coefficient (Wildman–Crippen LogP) is 3.92. The van der Waals surface area contributed by atoms with Crippen molar-refractivity contribution in [3.8, 4) is 0 Å². The highest BCUT2D eigenvalue weighted by Gasteiger charge is 2.58. The van der Waals surface area contributed by atoms with E-state index in [1.807, 2.05) is 20.8 Å². The van der Waals surface area contributed by atoms with E-state index in [1.165, 1.54) is 11.8 Å². The number of carbonyl (C=O) groups is 1. The third-order valence-corrected chi connectivity index (χ3v) is 10.5. The highest BCUT2D eigenvalue weighted by Crippen LogP contribution is 2.45. The fourth-order valence-electron chi connectivity index (χ4n) is 2.86. The smallest absolute Gasteiger partial charge is 0.192 e. The largest absolute Gasteiger partial charge is 0.408 e. The first-order chi connectivity index (χ1) is 10.7. The number of fused-ring (bicyclic) bond motifs is 1. The molecule has 24 heavy (non-hydrogen) atoms. The third-order valence-electron chi connectivity index (χ3n) is 5.08. The Kier molecular flexibility index (Phi) is 5.66. The Labute approximate surface area is 151 Å². The van der Waals surface area contributed by atoms with Gasteiger partial charge in [0.15, 0.2) is 25.5 Å². The number of thioether (sulfide) groups is 1. The fraction of sp³-hybridized carbons (Fsp3) is 0.941. The molecule has 0 aliphatic carbocycles. The lowest BCUT2D eigenvalue weighted by Crippen LogP contribution is -2.51. The van der Waals surface area contributed by atoms with E-state index in [4.69, 9.17) is 18.6 Å². The van der Waals surface area contributed by atoms with Crippen molar-refractivity contribution in [2.24, 2.45) is 0 Å². The van der Waals surface area contributed by atoms with Crippen molar-refractivity contribution in [2.75, 3.05) is 0 Å². The van der Waals surface area contributed by atoms with Gasteiger partial charge in [0.2, 0.25) is 0 Å². The Morgan fingerprint density at radius 3 is 2.33 bits per heavy atom. The van der Waals surface area contributed by atoms with Gasteiger partial charge < -0.3 is 18.6 Å². The summed E-state index contributed by atoms with van der Waals surface area (Å²) < 4.78 is 24.8. The van der Waals surface area contributed by atoms with E-state index in [0.29, 0.717) is 0 Å². The van der Waals surface area contributed by atoms with Crippen LogP contribution >= 0.6 is 11.8 Å². The molecule has 0 aromatic rings. The number of hydrogen-bond acceptors (Lipinski definition) is 6. The Morgan fingerprint density at radius 2 is 1.83 bits per heavy atom. The van der Waals surface area contributed by atoms with E-state index in [2.05, 4.69) is 33.9 Å². The van der Waals surface area contributed by atoms with Gasteiger partial charge in [0.05, 0.1) is 0 Å². The second-order valence-corrected chi connectivity index (χ2v) is 15.0. The summed E-state index contributed by atoms with van der Waals surface area (Å²) in [5.74, 6) is -0.674. The van der Waals surface area contributed by atoms with Crippen LogP contribution in [0.25, 0.3) is 0 Å². The average Bonchev–Trinajstić information content (AvgIpc) is 2.80. The monoisotopic (exact) mass is 376 g/mol. The van der Waals surface area contributed by atoms with Gasteiger partial charge in [-0.15, -0.1) is 0 Å². The highest BCUT2D eigenvalue weighted by molar-refractivity contribution is 8.14. The van der Waals surface area contributed by atoms with Crippen LogP contribution in [-0.2, 0) is 23.4 Å². The zero-order chi connectivity index (χ0) is 18.5. The standard InChI is InChI=1S/C17H32O5SSi/c1-10(23-11(2)18)12-13(22-24(8,9)16(3,4)5)14-15(19-12)21-17(6,7)20-14/h10,12-15H,1-9H3/t10?,12-,13+,14-,15-/m0/s1. The number of ether oxygens (including phenoxy) is 3. The Hall–Kier alpha value is 0.0769. The molecule has 0 radical (unpaired) electrons. The third kappa shape index (κ3) is 4.24. The van der Waals surface area contributed by atoms with Crippen molar-refractivity contribution in [3.05, 3.63) is 0 Å². The molecule has 0 spiro atoms. The van der Waals surface area contributed by atoms with Crippen LogP contribution in [0.2, 0.25) is 18.1 Å². The zero-order valence-electron chi connectivity index (χ0n) is 16.3. The lowest BCUT2D eigenvalue weighted by Gasteiger charge is -2.41.